The highest BCUT2D eigenvalue weighted by atomic mass is 16.5. The molecular weight excluding hydrogens is 250 g/mol. The third-order valence-corrected chi connectivity index (χ3v) is 2.83. The monoisotopic (exact) mass is 265 g/mol. The number of likely N-dealkylation sites (tertiary alicyclic amines) is 1. The van der Waals surface area contributed by atoms with Crippen molar-refractivity contribution in [2.75, 3.05) is 13.1 Å². The highest BCUT2D eigenvalue weighted by molar-refractivity contribution is 6.04. The Hall–Kier alpha value is -2.18. The summed E-state index contributed by atoms with van der Waals surface area (Å²) in [5.41, 5.74) is 0.787. The van der Waals surface area contributed by atoms with Gasteiger partial charge in [-0.15, -0.1) is 0 Å². The smallest absolute Gasteiger partial charge is 0.240 e. The molecule has 2 heterocycles. The minimum atomic E-state index is -0.347. The summed E-state index contributed by atoms with van der Waals surface area (Å²) in [6.07, 6.45) is 0.918. The fourth-order valence-electron chi connectivity index (χ4n) is 1.86. The van der Waals surface area contributed by atoms with E-state index < -0.39 is 0 Å². The third-order valence-electron chi connectivity index (χ3n) is 2.83. The van der Waals surface area contributed by atoms with Gasteiger partial charge in [0, 0.05) is 31.9 Å². The molecule has 0 aromatic carbocycles. The fourth-order valence-corrected chi connectivity index (χ4v) is 1.86. The van der Waals surface area contributed by atoms with Crippen LogP contribution in [0.5, 0.6) is 0 Å². The van der Waals surface area contributed by atoms with Gasteiger partial charge in [0.1, 0.15) is 12.3 Å². The molecule has 3 amide bonds. The Labute approximate surface area is 109 Å². The summed E-state index contributed by atoms with van der Waals surface area (Å²) in [6.45, 7) is 1.99. The van der Waals surface area contributed by atoms with Crippen LogP contribution < -0.4 is 5.32 Å². The van der Waals surface area contributed by atoms with E-state index in [4.69, 9.17) is 4.52 Å². The van der Waals surface area contributed by atoms with Crippen molar-refractivity contribution in [3.8, 4) is 0 Å². The Morgan fingerprint density at radius 3 is 2.68 bits per heavy atom. The number of rotatable bonds is 5. The molecule has 0 atom stereocenters. The standard InChI is InChI=1S/C12H15N3O4/c1-8-6-9(19-14-8)4-5-13-10(16)7-15-11(17)2-3-12(15)18/h6H,2-5,7H2,1H3,(H,13,16). The van der Waals surface area contributed by atoms with Gasteiger partial charge in [0.05, 0.1) is 5.69 Å². The Kier molecular flexibility index (Phi) is 3.94. The van der Waals surface area contributed by atoms with Gasteiger partial charge in [-0.2, -0.15) is 0 Å². The summed E-state index contributed by atoms with van der Waals surface area (Å²) in [4.78, 5) is 35.2. The van der Waals surface area contributed by atoms with Gasteiger partial charge >= 0.3 is 0 Å². The Morgan fingerprint density at radius 1 is 1.42 bits per heavy atom. The highest BCUT2D eigenvalue weighted by Gasteiger charge is 2.30. The second kappa shape index (κ2) is 5.64. The summed E-state index contributed by atoms with van der Waals surface area (Å²) in [5.74, 6) is -0.233. The molecule has 1 aromatic heterocycles. The van der Waals surface area contributed by atoms with Crippen LogP contribution in [-0.2, 0) is 20.8 Å². The van der Waals surface area contributed by atoms with E-state index in [9.17, 15) is 14.4 Å². The number of nitrogens with zero attached hydrogens (tertiary/aromatic N) is 2. The van der Waals surface area contributed by atoms with Crippen LogP contribution in [0.4, 0.5) is 0 Å². The zero-order valence-electron chi connectivity index (χ0n) is 10.6. The van der Waals surface area contributed by atoms with Crippen LogP contribution in [0.2, 0.25) is 0 Å². The quantitative estimate of drug-likeness (QED) is 0.744. The molecule has 1 fully saturated rings. The summed E-state index contributed by atoms with van der Waals surface area (Å²) < 4.78 is 4.99. The number of carbonyl (C=O) groups excluding carboxylic acids is 3. The molecule has 0 spiro atoms. The number of imide groups is 1. The normalized spacial score (nSPS) is 15.1. The van der Waals surface area contributed by atoms with E-state index >= 15 is 0 Å². The third kappa shape index (κ3) is 3.40. The predicted octanol–water partition coefficient (Wildman–Crippen LogP) is -0.209. The van der Waals surface area contributed by atoms with E-state index in [2.05, 4.69) is 10.5 Å². The Morgan fingerprint density at radius 2 is 2.11 bits per heavy atom. The molecule has 0 radical (unpaired) electrons. The van der Waals surface area contributed by atoms with Crippen LogP contribution in [0, 0.1) is 6.92 Å². The topological polar surface area (TPSA) is 92.5 Å². The first-order chi connectivity index (χ1) is 9.06. The number of carbonyl (C=O) groups is 3. The fraction of sp³-hybridized carbons (Fsp3) is 0.500. The second-order valence-corrected chi connectivity index (χ2v) is 4.41. The van der Waals surface area contributed by atoms with Crippen LogP contribution in [0.15, 0.2) is 10.6 Å². The van der Waals surface area contributed by atoms with Gasteiger partial charge in [-0.05, 0) is 6.92 Å². The van der Waals surface area contributed by atoms with E-state index in [0.29, 0.717) is 18.7 Å². The van der Waals surface area contributed by atoms with Crippen molar-refractivity contribution < 1.29 is 18.9 Å². The van der Waals surface area contributed by atoms with Crippen LogP contribution in [0.1, 0.15) is 24.3 Å². The average molecular weight is 265 g/mol. The first kappa shape index (κ1) is 13.3. The van der Waals surface area contributed by atoms with Crippen LogP contribution in [0.25, 0.3) is 0 Å². The Balaban J connectivity index is 1.73. The minimum Gasteiger partial charge on any atom is -0.361 e. The van der Waals surface area contributed by atoms with E-state index in [1.54, 1.807) is 6.07 Å². The highest BCUT2D eigenvalue weighted by Crippen LogP contribution is 2.10. The molecule has 0 unspecified atom stereocenters. The summed E-state index contributed by atoms with van der Waals surface area (Å²) in [5, 5.41) is 6.37. The number of hydrogen-bond donors (Lipinski definition) is 1. The molecule has 0 bridgehead atoms. The van der Waals surface area contributed by atoms with E-state index in [1.807, 2.05) is 6.92 Å². The molecule has 7 heteroatoms. The molecule has 1 N–H and O–H groups in total. The molecule has 19 heavy (non-hydrogen) atoms. The molecule has 2 rings (SSSR count). The minimum absolute atomic E-state index is 0.198. The molecule has 0 saturated carbocycles. The number of nitrogens with one attached hydrogen (secondary N) is 1. The van der Waals surface area contributed by atoms with E-state index in [1.165, 1.54) is 0 Å². The number of aromatic nitrogens is 1. The van der Waals surface area contributed by atoms with Crippen molar-refractivity contribution >= 4 is 17.7 Å². The van der Waals surface area contributed by atoms with Gasteiger partial charge in [0.2, 0.25) is 17.7 Å². The summed E-state index contributed by atoms with van der Waals surface area (Å²) in [7, 11) is 0. The van der Waals surface area contributed by atoms with Crippen molar-refractivity contribution in [3.05, 3.63) is 17.5 Å². The lowest BCUT2D eigenvalue weighted by Gasteiger charge is -2.12. The first-order valence-corrected chi connectivity index (χ1v) is 6.08. The average Bonchev–Trinajstić information content (AvgIpc) is 2.90. The maximum Gasteiger partial charge on any atom is 0.240 e. The van der Waals surface area contributed by atoms with E-state index in [-0.39, 0.29) is 37.1 Å². The van der Waals surface area contributed by atoms with Gasteiger partial charge in [-0.1, -0.05) is 5.16 Å². The van der Waals surface area contributed by atoms with Crippen LogP contribution in [0.3, 0.4) is 0 Å². The predicted molar refractivity (Wildman–Crippen MR) is 63.9 cm³/mol. The largest absolute Gasteiger partial charge is 0.361 e. The lowest BCUT2D eigenvalue weighted by Crippen LogP contribution is -2.40. The molecule has 1 aromatic rings. The lowest BCUT2D eigenvalue weighted by molar-refractivity contribution is -0.142. The van der Waals surface area contributed by atoms with Crippen molar-refractivity contribution in [2.45, 2.75) is 26.2 Å². The number of amides is 3. The number of aryl methyl sites for hydroxylation is 1. The first-order valence-electron chi connectivity index (χ1n) is 6.08. The van der Waals surface area contributed by atoms with Gasteiger partial charge < -0.3 is 9.84 Å². The molecule has 102 valence electrons. The second-order valence-electron chi connectivity index (χ2n) is 4.41. The van der Waals surface area contributed by atoms with Gasteiger partial charge in [0.25, 0.3) is 0 Å². The van der Waals surface area contributed by atoms with E-state index in [0.717, 1.165) is 10.6 Å². The summed E-state index contributed by atoms with van der Waals surface area (Å²) >= 11 is 0. The zero-order chi connectivity index (χ0) is 13.8. The molecule has 0 aliphatic carbocycles. The zero-order valence-corrected chi connectivity index (χ0v) is 10.6. The SMILES string of the molecule is Cc1cc(CCNC(=O)CN2C(=O)CCC2=O)on1. The van der Waals surface area contributed by atoms with Crippen molar-refractivity contribution in [1.29, 1.82) is 0 Å². The Bertz CT molecular complexity index is 493. The summed E-state index contributed by atoms with van der Waals surface area (Å²) in [6, 6.07) is 1.79. The van der Waals surface area contributed by atoms with Crippen LogP contribution in [-0.4, -0.2) is 40.9 Å². The van der Waals surface area contributed by atoms with Crippen LogP contribution >= 0.6 is 0 Å². The van der Waals surface area contributed by atoms with Crippen molar-refractivity contribution in [1.82, 2.24) is 15.4 Å². The van der Waals surface area contributed by atoms with Gasteiger partial charge in [-0.25, -0.2) is 0 Å². The number of hydrogen-bond acceptors (Lipinski definition) is 5. The lowest BCUT2D eigenvalue weighted by atomic mass is 10.3. The molecule has 1 aliphatic rings. The maximum atomic E-state index is 11.6. The molecule has 7 nitrogen and oxygen atoms in total. The van der Waals surface area contributed by atoms with Gasteiger partial charge in [0.15, 0.2) is 0 Å². The molecule has 1 aliphatic heterocycles. The molecule has 1 saturated heterocycles. The van der Waals surface area contributed by atoms with Gasteiger partial charge in [-0.3, -0.25) is 19.3 Å². The van der Waals surface area contributed by atoms with Crippen molar-refractivity contribution in [3.63, 3.8) is 0 Å². The molecular formula is C12H15N3O4. The maximum absolute atomic E-state index is 11.6. The van der Waals surface area contributed by atoms with Crippen molar-refractivity contribution in [2.24, 2.45) is 0 Å².